The standard InChI is InChI=1S/C17H22N6O2/c18-17(25)14-9-19-15-10-22(7-8-23(14)15)16(24)6-5-13-11-3-1-2-4-12(11)20-21-13/h9H,1-8,10H2,(H2,18,25)(H,20,21). The van der Waals surface area contributed by atoms with Crippen LogP contribution in [0.1, 0.15) is 52.5 Å². The first-order valence-electron chi connectivity index (χ1n) is 8.80. The third-order valence-corrected chi connectivity index (χ3v) is 5.19. The average Bonchev–Trinajstić information content (AvgIpc) is 3.23. The van der Waals surface area contributed by atoms with Crippen LogP contribution in [0.2, 0.25) is 0 Å². The van der Waals surface area contributed by atoms with Crippen LogP contribution < -0.4 is 5.73 Å². The molecule has 0 aromatic carbocycles. The van der Waals surface area contributed by atoms with Crippen molar-refractivity contribution in [3.63, 3.8) is 0 Å². The van der Waals surface area contributed by atoms with E-state index in [-0.39, 0.29) is 5.91 Å². The van der Waals surface area contributed by atoms with Gasteiger partial charge < -0.3 is 15.2 Å². The Labute approximate surface area is 145 Å². The summed E-state index contributed by atoms with van der Waals surface area (Å²) in [6.07, 6.45) is 7.13. The second kappa shape index (κ2) is 6.34. The first-order chi connectivity index (χ1) is 12.1. The van der Waals surface area contributed by atoms with Gasteiger partial charge in [0.2, 0.25) is 5.91 Å². The Morgan fingerprint density at radius 1 is 1.24 bits per heavy atom. The van der Waals surface area contributed by atoms with Crippen molar-refractivity contribution in [3.8, 4) is 0 Å². The van der Waals surface area contributed by atoms with Gasteiger partial charge in [-0.15, -0.1) is 0 Å². The Morgan fingerprint density at radius 3 is 2.92 bits per heavy atom. The number of nitrogens with one attached hydrogen (secondary N) is 1. The predicted molar refractivity (Wildman–Crippen MR) is 89.7 cm³/mol. The maximum Gasteiger partial charge on any atom is 0.266 e. The van der Waals surface area contributed by atoms with Crippen LogP contribution in [0.5, 0.6) is 0 Å². The van der Waals surface area contributed by atoms with Crippen LogP contribution in [0.15, 0.2) is 6.20 Å². The van der Waals surface area contributed by atoms with Gasteiger partial charge in [0.05, 0.1) is 18.4 Å². The van der Waals surface area contributed by atoms with Crippen LogP contribution in [0.25, 0.3) is 0 Å². The zero-order valence-corrected chi connectivity index (χ0v) is 14.1. The Kier molecular flexibility index (Phi) is 4.03. The summed E-state index contributed by atoms with van der Waals surface area (Å²) in [5, 5.41) is 7.53. The van der Waals surface area contributed by atoms with Gasteiger partial charge >= 0.3 is 0 Å². The Morgan fingerprint density at radius 2 is 2.08 bits per heavy atom. The number of fused-ring (bicyclic) bond motifs is 2. The molecule has 3 heterocycles. The van der Waals surface area contributed by atoms with Gasteiger partial charge in [0.15, 0.2) is 0 Å². The topological polar surface area (TPSA) is 110 Å². The zero-order chi connectivity index (χ0) is 17.4. The molecule has 2 amide bonds. The third-order valence-electron chi connectivity index (χ3n) is 5.19. The minimum Gasteiger partial charge on any atom is -0.364 e. The van der Waals surface area contributed by atoms with Gasteiger partial charge in [0.1, 0.15) is 11.5 Å². The lowest BCUT2D eigenvalue weighted by atomic mass is 9.94. The van der Waals surface area contributed by atoms with E-state index in [2.05, 4.69) is 15.2 Å². The summed E-state index contributed by atoms with van der Waals surface area (Å²) >= 11 is 0. The molecule has 1 aliphatic heterocycles. The SMILES string of the molecule is NC(=O)c1cnc2n1CCN(C(=O)CCc1n[nH]c3c1CCCC3)C2. The molecule has 8 heteroatoms. The maximum absolute atomic E-state index is 12.6. The summed E-state index contributed by atoms with van der Waals surface area (Å²) in [5.41, 5.74) is 9.35. The van der Waals surface area contributed by atoms with Crippen LogP contribution in [0, 0.1) is 0 Å². The van der Waals surface area contributed by atoms with Gasteiger partial charge in [-0.3, -0.25) is 14.7 Å². The number of nitrogens with two attached hydrogens (primary N) is 1. The second-order valence-corrected chi connectivity index (χ2v) is 6.73. The largest absolute Gasteiger partial charge is 0.364 e. The monoisotopic (exact) mass is 342 g/mol. The lowest BCUT2D eigenvalue weighted by molar-refractivity contribution is -0.132. The molecular formula is C17H22N6O2. The van der Waals surface area contributed by atoms with Crippen molar-refractivity contribution in [3.05, 3.63) is 34.7 Å². The summed E-state index contributed by atoms with van der Waals surface area (Å²) in [5.74, 6) is 0.329. The van der Waals surface area contributed by atoms with E-state index in [0.717, 1.165) is 18.5 Å². The summed E-state index contributed by atoms with van der Waals surface area (Å²) in [6.45, 7) is 1.54. The molecule has 0 atom stereocenters. The number of aromatic amines is 1. The number of aryl methyl sites for hydroxylation is 2. The smallest absolute Gasteiger partial charge is 0.266 e. The number of hydrogen-bond donors (Lipinski definition) is 2. The van der Waals surface area contributed by atoms with Crippen LogP contribution in [-0.2, 0) is 37.1 Å². The average molecular weight is 342 g/mol. The fourth-order valence-electron chi connectivity index (χ4n) is 3.81. The minimum absolute atomic E-state index is 0.0995. The number of nitrogens with zero attached hydrogens (tertiary/aromatic N) is 4. The normalized spacial score (nSPS) is 16.4. The molecule has 8 nitrogen and oxygen atoms in total. The van der Waals surface area contributed by atoms with E-state index in [0.29, 0.717) is 44.0 Å². The molecule has 0 saturated carbocycles. The van der Waals surface area contributed by atoms with Gasteiger partial charge in [0, 0.05) is 31.6 Å². The highest BCUT2D eigenvalue weighted by Crippen LogP contribution is 2.23. The number of hydrogen-bond acceptors (Lipinski definition) is 4. The highest BCUT2D eigenvalue weighted by atomic mass is 16.2. The third kappa shape index (κ3) is 2.92. The molecule has 25 heavy (non-hydrogen) atoms. The van der Waals surface area contributed by atoms with E-state index in [9.17, 15) is 9.59 Å². The second-order valence-electron chi connectivity index (χ2n) is 6.73. The number of H-pyrrole nitrogens is 1. The number of amides is 2. The molecule has 1 aliphatic carbocycles. The van der Waals surface area contributed by atoms with E-state index in [4.69, 9.17) is 5.73 Å². The van der Waals surface area contributed by atoms with E-state index >= 15 is 0 Å². The minimum atomic E-state index is -0.484. The molecule has 2 aliphatic rings. The van der Waals surface area contributed by atoms with E-state index < -0.39 is 5.91 Å². The number of carbonyl (C=O) groups excluding carboxylic acids is 2. The molecule has 132 valence electrons. The van der Waals surface area contributed by atoms with E-state index in [1.165, 1.54) is 30.3 Å². The molecule has 0 unspecified atom stereocenters. The molecule has 0 radical (unpaired) electrons. The lowest BCUT2D eigenvalue weighted by Crippen LogP contribution is -2.39. The Balaban J connectivity index is 1.39. The summed E-state index contributed by atoms with van der Waals surface area (Å²) in [6, 6.07) is 0. The summed E-state index contributed by atoms with van der Waals surface area (Å²) in [7, 11) is 0. The maximum atomic E-state index is 12.6. The summed E-state index contributed by atoms with van der Waals surface area (Å²) < 4.78 is 1.80. The van der Waals surface area contributed by atoms with Crippen molar-refractivity contribution in [2.24, 2.45) is 5.73 Å². The molecular weight excluding hydrogens is 320 g/mol. The van der Waals surface area contributed by atoms with Gasteiger partial charge in [-0.2, -0.15) is 5.10 Å². The van der Waals surface area contributed by atoms with Gasteiger partial charge in [-0.1, -0.05) is 0 Å². The summed E-state index contributed by atoms with van der Waals surface area (Å²) in [4.78, 5) is 30.0. The van der Waals surface area contributed by atoms with Crippen molar-refractivity contribution in [2.45, 2.75) is 51.6 Å². The molecule has 2 aromatic heterocycles. The number of carbonyl (C=O) groups is 2. The quantitative estimate of drug-likeness (QED) is 0.846. The number of imidazole rings is 1. The van der Waals surface area contributed by atoms with Crippen molar-refractivity contribution in [1.29, 1.82) is 0 Å². The van der Waals surface area contributed by atoms with Crippen molar-refractivity contribution in [1.82, 2.24) is 24.6 Å². The van der Waals surface area contributed by atoms with Gasteiger partial charge in [-0.25, -0.2) is 4.98 Å². The first kappa shape index (κ1) is 15.9. The van der Waals surface area contributed by atoms with E-state index in [1.54, 1.807) is 9.47 Å². The van der Waals surface area contributed by atoms with Gasteiger partial charge in [0.25, 0.3) is 5.91 Å². The van der Waals surface area contributed by atoms with Crippen molar-refractivity contribution in [2.75, 3.05) is 6.54 Å². The number of aromatic nitrogens is 4. The van der Waals surface area contributed by atoms with Crippen molar-refractivity contribution >= 4 is 11.8 Å². The lowest BCUT2D eigenvalue weighted by Gasteiger charge is -2.28. The van der Waals surface area contributed by atoms with Crippen molar-refractivity contribution < 1.29 is 9.59 Å². The number of rotatable bonds is 4. The fourth-order valence-corrected chi connectivity index (χ4v) is 3.81. The van der Waals surface area contributed by atoms with Crippen LogP contribution in [0.4, 0.5) is 0 Å². The highest BCUT2D eigenvalue weighted by molar-refractivity contribution is 5.91. The molecule has 2 aromatic rings. The Bertz CT molecular complexity index is 821. The number of primary amides is 1. The predicted octanol–water partition coefficient (Wildman–Crippen LogP) is 0.559. The molecule has 3 N–H and O–H groups in total. The van der Waals surface area contributed by atoms with Gasteiger partial charge in [-0.05, 0) is 31.2 Å². The zero-order valence-electron chi connectivity index (χ0n) is 14.1. The fraction of sp³-hybridized carbons (Fsp3) is 0.529. The molecule has 0 bridgehead atoms. The van der Waals surface area contributed by atoms with Crippen LogP contribution in [-0.4, -0.2) is 43.0 Å². The van der Waals surface area contributed by atoms with Crippen LogP contribution >= 0.6 is 0 Å². The molecule has 4 rings (SSSR count). The molecule has 0 saturated heterocycles. The highest BCUT2D eigenvalue weighted by Gasteiger charge is 2.25. The first-order valence-corrected chi connectivity index (χ1v) is 8.80. The Hall–Kier alpha value is -2.64. The van der Waals surface area contributed by atoms with Crippen LogP contribution in [0.3, 0.4) is 0 Å². The molecule has 0 fully saturated rings. The van der Waals surface area contributed by atoms with E-state index in [1.807, 2.05) is 0 Å². The molecule has 0 spiro atoms.